The van der Waals surface area contributed by atoms with Crippen molar-refractivity contribution in [3.8, 4) is 11.5 Å². The SMILES string of the molecule is CCOc1cc(OCC)c([N+](=O)[O-])cc1/C=N/NS(=O)(=O)c1ccc(C)cc1C. The summed E-state index contributed by atoms with van der Waals surface area (Å²) < 4.78 is 35.8. The molecule has 0 spiro atoms. The van der Waals surface area contributed by atoms with Crippen LogP contribution < -0.4 is 14.3 Å². The van der Waals surface area contributed by atoms with Gasteiger partial charge >= 0.3 is 5.69 Å². The minimum atomic E-state index is -3.89. The summed E-state index contributed by atoms with van der Waals surface area (Å²) >= 11 is 0. The number of nitro benzene ring substituents is 1. The van der Waals surface area contributed by atoms with Gasteiger partial charge in [0.15, 0.2) is 0 Å². The zero-order chi connectivity index (χ0) is 21.6. The molecule has 0 bridgehead atoms. The van der Waals surface area contributed by atoms with E-state index in [2.05, 4.69) is 9.93 Å². The third kappa shape index (κ3) is 5.44. The summed E-state index contributed by atoms with van der Waals surface area (Å²) in [6, 6.07) is 7.56. The number of hydrogen-bond donors (Lipinski definition) is 1. The van der Waals surface area contributed by atoms with E-state index in [9.17, 15) is 18.5 Å². The number of nitro groups is 1. The molecule has 0 radical (unpaired) electrons. The Morgan fingerprint density at radius 1 is 1.10 bits per heavy atom. The molecule has 10 heteroatoms. The third-order valence-corrected chi connectivity index (χ3v) is 5.27. The van der Waals surface area contributed by atoms with E-state index in [4.69, 9.17) is 9.47 Å². The van der Waals surface area contributed by atoms with Gasteiger partial charge < -0.3 is 9.47 Å². The van der Waals surface area contributed by atoms with Crippen LogP contribution in [0.1, 0.15) is 30.5 Å². The highest BCUT2D eigenvalue weighted by molar-refractivity contribution is 7.89. The van der Waals surface area contributed by atoms with Crippen LogP contribution in [0.3, 0.4) is 0 Å². The summed E-state index contributed by atoms with van der Waals surface area (Å²) in [6.45, 7) is 7.57. The lowest BCUT2D eigenvalue weighted by Gasteiger charge is -2.11. The molecule has 0 amide bonds. The Kier molecular flexibility index (Phi) is 7.16. The monoisotopic (exact) mass is 421 g/mol. The summed E-state index contributed by atoms with van der Waals surface area (Å²) in [6.07, 6.45) is 1.16. The van der Waals surface area contributed by atoms with Gasteiger partial charge in [-0.1, -0.05) is 17.7 Å². The summed E-state index contributed by atoms with van der Waals surface area (Å²) in [5.74, 6) is 0.352. The number of hydrogen-bond acceptors (Lipinski definition) is 7. The van der Waals surface area contributed by atoms with Crippen molar-refractivity contribution in [2.45, 2.75) is 32.6 Å². The van der Waals surface area contributed by atoms with E-state index in [1.807, 2.05) is 6.92 Å². The Balaban J connectivity index is 2.37. The fourth-order valence-electron chi connectivity index (χ4n) is 2.68. The summed E-state index contributed by atoms with van der Waals surface area (Å²) in [5.41, 5.74) is 1.49. The Bertz CT molecular complexity index is 1030. The molecule has 156 valence electrons. The van der Waals surface area contributed by atoms with Gasteiger partial charge in [-0.05, 0) is 39.3 Å². The standard InChI is InChI=1S/C19H23N3O6S/c1-5-27-17-11-18(28-6-2)16(22(23)24)10-15(17)12-20-21-29(25,26)19-8-7-13(3)9-14(19)4/h7-12,21H,5-6H2,1-4H3/b20-12+. The van der Waals surface area contributed by atoms with Crippen molar-refractivity contribution in [1.82, 2.24) is 4.83 Å². The predicted molar refractivity (Wildman–Crippen MR) is 109 cm³/mol. The lowest BCUT2D eigenvalue weighted by Crippen LogP contribution is -2.19. The average Bonchev–Trinajstić information content (AvgIpc) is 2.63. The van der Waals surface area contributed by atoms with Crippen molar-refractivity contribution in [2.24, 2.45) is 5.10 Å². The van der Waals surface area contributed by atoms with Gasteiger partial charge in [-0.3, -0.25) is 10.1 Å². The van der Waals surface area contributed by atoms with Gasteiger partial charge in [0, 0.05) is 17.7 Å². The van der Waals surface area contributed by atoms with Crippen LogP contribution in [0.25, 0.3) is 0 Å². The maximum absolute atomic E-state index is 12.5. The van der Waals surface area contributed by atoms with Gasteiger partial charge in [-0.15, -0.1) is 0 Å². The first-order valence-electron chi connectivity index (χ1n) is 8.89. The van der Waals surface area contributed by atoms with Crippen molar-refractivity contribution < 1.29 is 22.8 Å². The molecular weight excluding hydrogens is 398 g/mol. The number of ether oxygens (including phenoxy) is 2. The summed E-state index contributed by atoms with van der Waals surface area (Å²) in [4.78, 5) is 13.0. The Morgan fingerprint density at radius 3 is 2.34 bits per heavy atom. The molecule has 0 aliphatic rings. The molecule has 0 fully saturated rings. The minimum absolute atomic E-state index is 0.0639. The Morgan fingerprint density at radius 2 is 1.76 bits per heavy atom. The first-order valence-corrected chi connectivity index (χ1v) is 10.4. The molecule has 2 rings (SSSR count). The second-order valence-electron chi connectivity index (χ2n) is 6.10. The summed E-state index contributed by atoms with van der Waals surface area (Å²) in [7, 11) is -3.89. The van der Waals surface area contributed by atoms with E-state index in [0.717, 1.165) is 11.8 Å². The van der Waals surface area contributed by atoms with E-state index in [-0.39, 0.29) is 34.3 Å². The molecule has 0 atom stereocenters. The highest BCUT2D eigenvalue weighted by Crippen LogP contribution is 2.34. The van der Waals surface area contributed by atoms with E-state index >= 15 is 0 Å². The van der Waals surface area contributed by atoms with Crippen LogP contribution in [0, 0.1) is 24.0 Å². The molecule has 2 aromatic rings. The predicted octanol–water partition coefficient (Wildman–Crippen LogP) is 3.32. The number of hydrazone groups is 1. The second kappa shape index (κ2) is 9.37. The molecule has 0 aliphatic heterocycles. The van der Waals surface area contributed by atoms with Crippen LogP contribution in [0.2, 0.25) is 0 Å². The number of aryl methyl sites for hydroxylation is 2. The molecule has 0 saturated carbocycles. The quantitative estimate of drug-likeness (QED) is 0.377. The lowest BCUT2D eigenvalue weighted by atomic mass is 10.1. The van der Waals surface area contributed by atoms with Crippen LogP contribution in [0.15, 0.2) is 40.3 Å². The highest BCUT2D eigenvalue weighted by atomic mass is 32.2. The molecule has 0 aliphatic carbocycles. The van der Waals surface area contributed by atoms with Gasteiger partial charge in [0.1, 0.15) is 5.75 Å². The molecule has 0 heterocycles. The van der Waals surface area contributed by atoms with Gasteiger partial charge in [-0.2, -0.15) is 13.5 Å². The molecule has 0 aromatic heterocycles. The smallest absolute Gasteiger partial charge is 0.311 e. The van der Waals surface area contributed by atoms with E-state index in [1.165, 1.54) is 18.2 Å². The van der Waals surface area contributed by atoms with Gasteiger partial charge in [-0.25, -0.2) is 4.83 Å². The Hall–Kier alpha value is -3.14. The summed E-state index contributed by atoms with van der Waals surface area (Å²) in [5, 5.41) is 15.1. The number of benzene rings is 2. The van der Waals surface area contributed by atoms with E-state index in [1.54, 1.807) is 32.9 Å². The van der Waals surface area contributed by atoms with E-state index < -0.39 is 14.9 Å². The van der Waals surface area contributed by atoms with Crippen LogP contribution >= 0.6 is 0 Å². The van der Waals surface area contributed by atoms with Crippen LogP contribution in [-0.4, -0.2) is 32.8 Å². The fraction of sp³-hybridized carbons (Fsp3) is 0.316. The molecule has 0 unspecified atom stereocenters. The molecule has 1 N–H and O–H groups in total. The van der Waals surface area contributed by atoms with Crippen LogP contribution in [-0.2, 0) is 10.0 Å². The average molecular weight is 421 g/mol. The number of rotatable bonds is 9. The van der Waals surface area contributed by atoms with Crippen molar-refractivity contribution in [2.75, 3.05) is 13.2 Å². The fourth-order valence-corrected chi connectivity index (χ4v) is 3.70. The maximum Gasteiger partial charge on any atom is 0.311 e. The first kappa shape index (κ1) is 22.2. The molecule has 0 saturated heterocycles. The first-order chi connectivity index (χ1) is 13.7. The Labute approximate surface area is 169 Å². The lowest BCUT2D eigenvalue weighted by molar-refractivity contribution is -0.385. The number of nitrogens with one attached hydrogen (secondary N) is 1. The van der Waals surface area contributed by atoms with Gasteiger partial charge in [0.2, 0.25) is 5.75 Å². The minimum Gasteiger partial charge on any atom is -0.493 e. The van der Waals surface area contributed by atoms with Crippen LogP contribution in [0.5, 0.6) is 11.5 Å². The molecular formula is C19H23N3O6S. The van der Waals surface area contributed by atoms with Crippen molar-refractivity contribution in [3.63, 3.8) is 0 Å². The topological polar surface area (TPSA) is 120 Å². The van der Waals surface area contributed by atoms with Gasteiger partial charge in [0.05, 0.1) is 29.2 Å². The van der Waals surface area contributed by atoms with Crippen molar-refractivity contribution in [1.29, 1.82) is 0 Å². The maximum atomic E-state index is 12.5. The van der Waals surface area contributed by atoms with Crippen molar-refractivity contribution in [3.05, 3.63) is 57.1 Å². The molecule has 2 aromatic carbocycles. The largest absolute Gasteiger partial charge is 0.493 e. The molecule has 29 heavy (non-hydrogen) atoms. The molecule has 9 nitrogen and oxygen atoms in total. The van der Waals surface area contributed by atoms with E-state index in [0.29, 0.717) is 12.2 Å². The zero-order valence-electron chi connectivity index (χ0n) is 16.6. The highest BCUT2D eigenvalue weighted by Gasteiger charge is 2.20. The number of nitrogens with zero attached hydrogens (tertiary/aromatic N) is 2. The normalized spacial score (nSPS) is 11.4. The number of sulfonamides is 1. The van der Waals surface area contributed by atoms with Gasteiger partial charge in [0.25, 0.3) is 10.0 Å². The van der Waals surface area contributed by atoms with Crippen molar-refractivity contribution >= 4 is 21.9 Å². The van der Waals surface area contributed by atoms with Crippen LogP contribution in [0.4, 0.5) is 5.69 Å². The third-order valence-electron chi connectivity index (χ3n) is 3.88. The zero-order valence-corrected chi connectivity index (χ0v) is 17.4. The second-order valence-corrected chi connectivity index (χ2v) is 7.73.